The first-order valence-electron chi connectivity index (χ1n) is 12.4. The Morgan fingerprint density at radius 3 is 2.03 bits per heavy atom. The maximum atomic E-state index is 14.8. The van der Waals surface area contributed by atoms with E-state index in [4.69, 9.17) is 0 Å². The largest absolute Gasteiger partial charge is 0.207 e. The van der Waals surface area contributed by atoms with Crippen LogP contribution >= 0.6 is 0 Å². The van der Waals surface area contributed by atoms with Crippen LogP contribution in [0.1, 0.15) is 101 Å². The zero-order valence-electron chi connectivity index (χ0n) is 19.5. The molecule has 1 aliphatic carbocycles. The molecule has 0 amide bonds. The summed E-state index contributed by atoms with van der Waals surface area (Å²) in [5, 5.41) is 0. The molecule has 2 aromatic rings. The first-order chi connectivity index (χ1) is 15.4. The highest BCUT2D eigenvalue weighted by molar-refractivity contribution is 5.66. The van der Waals surface area contributed by atoms with Crippen molar-refractivity contribution >= 4 is 0 Å². The molecule has 1 saturated carbocycles. The molecule has 0 aliphatic heterocycles. The monoisotopic (exact) mass is 448 g/mol. The SMILES string of the molecule is CCCCCCCCCC1CCC(c2ccc(-c3cc(F)c(C)c(F)c3F)c(F)c2)CC1. The minimum absolute atomic E-state index is 0.100. The second-order valence-electron chi connectivity index (χ2n) is 9.53. The summed E-state index contributed by atoms with van der Waals surface area (Å²) in [6, 6.07) is 5.54. The first-order valence-corrected chi connectivity index (χ1v) is 12.4. The van der Waals surface area contributed by atoms with Gasteiger partial charge in [-0.1, -0.05) is 70.4 Å². The van der Waals surface area contributed by atoms with E-state index in [9.17, 15) is 17.6 Å². The Hall–Kier alpha value is -1.84. The van der Waals surface area contributed by atoms with Gasteiger partial charge in [-0.25, -0.2) is 17.6 Å². The van der Waals surface area contributed by atoms with Crippen molar-refractivity contribution in [3.63, 3.8) is 0 Å². The molecule has 0 unspecified atom stereocenters. The molecule has 0 nitrogen and oxygen atoms in total. The summed E-state index contributed by atoms with van der Waals surface area (Å²) in [4.78, 5) is 0. The highest BCUT2D eigenvalue weighted by Crippen LogP contribution is 2.39. The van der Waals surface area contributed by atoms with Crippen molar-refractivity contribution in [1.82, 2.24) is 0 Å². The van der Waals surface area contributed by atoms with Crippen LogP contribution < -0.4 is 0 Å². The van der Waals surface area contributed by atoms with Gasteiger partial charge in [0.25, 0.3) is 0 Å². The third-order valence-electron chi connectivity index (χ3n) is 7.21. The van der Waals surface area contributed by atoms with Crippen molar-refractivity contribution in [2.75, 3.05) is 0 Å². The van der Waals surface area contributed by atoms with E-state index >= 15 is 0 Å². The molecule has 0 spiro atoms. The smallest absolute Gasteiger partial charge is 0.167 e. The Bertz CT molecular complexity index is 881. The van der Waals surface area contributed by atoms with Crippen LogP contribution in [0.3, 0.4) is 0 Å². The van der Waals surface area contributed by atoms with Crippen LogP contribution in [-0.2, 0) is 0 Å². The summed E-state index contributed by atoms with van der Waals surface area (Å²) in [6.07, 6.45) is 15.0. The van der Waals surface area contributed by atoms with E-state index in [1.807, 2.05) is 0 Å². The van der Waals surface area contributed by atoms with Gasteiger partial charge in [-0.3, -0.25) is 0 Å². The minimum Gasteiger partial charge on any atom is -0.207 e. The van der Waals surface area contributed by atoms with Gasteiger partial charge >= 0.3 is 0 Å². The average Bonchev–Trinajstić information content (AvgIpc) is 2.80. The van der Waals surface area contributed by atoms with Crippen LogP contribution in [0.25, 0.3) is 11.1 Å². The zero-order chi connectivity index (χ0) is 23.1. The quantitative estimate of drug-likeness (QED) is 0.193. The van der Waals surface area contributed by atoms with Crippen LogP contribution in [-0.4, -0.2) is 0 Å². The third-order valence-corrected chi connectivity index (χ3v) is 7.21. The van der Waals surface area contributed by atoms with E-state index in [-0.39, 0.29) is 11.1 Å². The Balaban J connectivity index is 1.54. The molecule has 0 bridgehead atoms. The van der Waals surface area contributed by atoms with Gasteiger partial charge in [0, 0.05) is 16.7 Å². The highest BCUT2D eigenvalue weighted by atomic mass is 19.2. The first kappa shape index (κ1) is 24.8. The topological polar surface area (TPSA) is 0 Å². The molecule has 0 aromatic heterocycles. The van der Waals surface area contributed by atoms with Gasteiger partial charge in [-0.2, -0.15) is 0 Å². The van der Waals surface area contributed by atoms with Crippen molar-refractivity contribution in [3.8, 4) is 11.1 Å². The summed E-state index contributed by atoms with van der Waals surface area (Å²) in [5.41, 5.74) is 0.0374. The summed E-state index contributed by atoms with van der Waals surface area (Å²) >= 11 is 0. The maximum absolute atomic E-state index is 14.8. The molecule has 0 heterocycles. The molecule has 0 atom stereocenters. The van der Waals surface area contributed by atoms with Gasteiger partial charge in [0.05, 0.1) is 0 Å². The lowest BCUT2D eigenvalue weighted by Gasteiger charge is -2.29. The second kappa shape index (κ2) is 11.9. The van der Waals surface area contributed by atoms with Crippen LogP contribution in [0, 0.1) is 36.1 Å². The molecule has 1 fully saturated rings. The predicted octanol–water partition coefficient (Wildman–Crippen LogP) is 9.63. The van der Waals surface area contributed by atoms with E-state index in [0.29, 0.717) is 5.92 Å². The van der Waals surface area contributed by atoms with Gasteiger partial charge in [-0.15, -0.1) is 0 Å². The lowest BCUT2D eigenvalue weighted by atomic mass is 9.77. The van der Waals surface area contributed by atoms with Crippen LogP contribution in [0.2, 0.25) is 0 Å². The summed E-state index contributed by atoms with van der Waals surface area (Å²) < 4.78 is 56.9. The molecule has 3 rings (SSSR count). The summed E-state index contributed by atoms with van der Waals surface area (Å²) in [7, 11) is 0. The number of unbranched alkanes of at least 4 members (excludes halogenated alkanes) is 6. The third kappa shape index (κ3) is 6.14. The van der Waals surface area contributed by atoms with E-state index in [1.54, 1.807) is 6.07 Å². The van der Waals surface area contributed by atoms with E-state index in [0.717, 1.165) is 43.2 Å². The number of hydrogen-bond acceptors (Lipinski definition) is 0. The van der Waals surface area contributed by atoms with Gasteiger partial charge < -0.3 is 0 Å². The lowest BCUT2D eigenvalue weighted by Crippen LogP contribution is -2.13. The molecular formula is C28H36F4. The van der Waals surface area contributed by atoms with Crippen LogP contribution in [0.4, 0.5) is 17.6 Å². The highest BCUT2D eigenvalue weighted by Gasteiger charge is 2.24. The normalized spacial score (nSPS) is 18.8. The van der Waals surface area contributed by atoms with Crippen LogP contribution in [0.5, 0.6) is 0 Å². The molecule has 176 valence electrons. The summed E-state index contributed by atoms with van der Waals surface area (Å²) in [6.45, 7) is 3.41. The standard InChI is InChI=1S/C28H36F4/c1-3-4-5-6-7-8-9-10-20-11-13-21(14-12-20)22-15-16-23(26(30)17-22)24-18-25(29)19(2)27(31)28(24)32/h15-18,20-21H,3-14H2,1-2H3. The number of halogens is 4. The minimum atomic E-state index is -1.26. The van der Waals surface area contributed by atoms with Crippen molar-refractivity contribution in [1.29, 1.82) is 0 Å². The predicted molar refractivity (Wildman–Crippen MR) is 124 cm³/mol. The molecule has 0 saturated heterocycles. The fourth-order valence-electron chi connectivity index (χ4n) is 5.06. The van der Waals surface area contributed by atoms with Crippen molar-refractivity contribution in [2.45, 2.75) is 96.8 Å². The molecule has 32 heavy (non-hydrogen) atoms. The second-order valence-corrected chi connectivity index (χ2v) is 9.53. The Labute approximate surface area is 190 Å². The Kier molecular flexibility index (Phi) is 9.19. The zero-order valence-corrected chi connectivity index (χ0v) is 19.5. The number of benzene rings is 2. The molecule has 0 N–H and O–H groups in total. The Morgan fingerprint density at radius 2 is 1.38 bits per heavy atom. The number of rotatable bonds is 10. The molecule has 2 aromatic carbocycles. The maximum Gasteiger partial charge on any atom is 0.167 e. The van der Waals surface area contributed by atoms with Crippen molar-refractivity contribution in [3.05, 3.63) is 58.7 Å². The molecule has 1 aliphatic rings. The fraction of sp³-hybridized carbons (Fsp3) is 0.571. The number of hydrogen-bond donors (Lipinski definition) is 0. The van der Waals surface area contributed by atoms with Gasteiger partial charge in [-0.05, 0) is 62.1 Å². The lowest BCUT2D eigenvalue weighted by molar-refractivity contribution is 0.301. The molecular weight excluding hydrogens is 412 g/mol. The van der Waals surface area contributed by atoms with Gasteiger partial charge in [0.1, 0.15) is 11.6 Å². The average molecular weight is 449 g/mol. The van der Waals surface area contributed by atoms with E-state index in [1.165, 1.54) is 70.4 Å². The van der Waals surface area contributed by atoms with Crippen molar-refractivity contribution < 1.29 is 17.6 Å². The molecule has 0 radical (unpaired) electrons. The van der Waals surface area contributed by atoms with Crippen molar-refractivity contribution in [2.24, 2.45) is 5.92 Å². The van der Waals surface area contributed by atoms with E-state index in [2.05, 4.69) is 6.92 Å². The van der Waals surface area contributed by atoms with Crippen LogP contribution in [0.15, 0.2) is 24.3 Å². The molecule has 4 heteroatoms. The fourth-order valence-corrected chi connectivity index (χ4v) is 5.06. The van der Waals surface area contributed by atoms with Gasteiger partial charge in [0.15, 0.2) is 11.6 Å². The summed E-state index contributed by atoms with van der Waals surface area (Å²) in [5.74, 6) is -2.92. The van der Waals surface area contributed by atoms with E-state index < -0.39 is 28.8 Å². The van der Waals surface area contributed by atoms with Gasteiger partial charge in [0.2, 0.25) is 0 Å². The Morgan fingerprint density at radius 1 is 0.719 bits per heavy atom.